The number of nitrogens with two attached hydrogens (primary N) is 1. The van der Waals surface area contributed by atoms with Crippen LogP contribution in [0.5, 0.6) is 0 Å². The number of rotatable bonds is 4. The molecule has 0 amide bonds. The van der Waals surface area contributed by atoms with Gasteiger partial charge in [-0.1, -0.05) is 19.4 Å². The first-order valence-corrected chi connectivity index (χ1v) is 5.57. The van der Waals surface area contributed by atoms with Crippen molar-refractivity contribution >= 4 is 0 Å². The molecule has 18 heavy (non-hydrogen) atoms. The molecule has 0 aromatic heterocycles. The van der Waals surface area contributed by atoms with Crippen LogP contribution in [-0.4, -0.2) is 11.2 Å². The molecule has 0 unspecified atom stereocenters. The third kappa shape index (κ3) is 3.43. The minimum Gasteiger partial charge on any atom is -0.391 e. The molecule has 6 heteroatoms. The second-order valence-electron chi connectivity index (χ2n) is 4.12. The fraction of sp³-hybridized carbons (Fsp3) is 0.500. The second-order valence-corrected chi connectivity index (χ2v) is 4.12. The molecule has 2 atom stereocenters. The lowest BCUT2D eigenvalue weighted by atomic mass is 9.97. The van der Waals surface area contributed by atoms with E-state index in [0.29, 0.717) is 18.9 Å². The summed E-state index contributed by atoms with van der Waals surface area (Å²) >= 11 is 0. The van der Waals surface area contributed by atoms with E-state index >= 15 is 0 Å². The predicted octanol–water partition coefficient (Wildman–Crippen LogP) is 3.01. The third-order valence-corrected chi connectivity index (χ3v) is 2.69. The maximum absolute atomic E-state index is 13.5. The van der Waals surface area contributed by atoms with Gasteiger partial charge in [0.2, 0.25) is 0 Å². The van der Waals surface area contributed by atoms with Crippen LogP contribution in [0.1, 0.15) is 36.9 Å². The van der Waals surface area contributed by atoms with E-state index in [1.54, 1.807) is 0 Å². The van der Waals surface area contributed by atoms with E-state index in [-0.39, 0.29) is 5.56 Å². The number of benzene rings is 1. The Morgan fingerprint density at radius 3 is 2.39 bits per heavy atom. The minimum atomic E-state index is -4.59. The van der Waals surface area contributed by atoms with Crippen LogP contribution >= 0.6 is 0 Å². The Labute approximate surface area is 102 Å². The number of alkyl halides is 3. The summed E-state index contributed by atoms with van der Waals surface area (Å²) in [7, 11) is 0. The summed E-state index contributed by atoms with van der Waals surface area (Å²) < 4.78 is 50.5. The fourth-order valence-corrected chi connectivity index (χ4v) is 1.66. The zero-order valence-electron chi connectivity index (χ0n) is 9.84. The average Bonchev–Trinajstić information content (AvgIpc) is 2.27. The lowest BCUT2D eigenvalue weighted by molar-refractivity contribution is -0.137. The molecule has 0 fully saturated rings. The molecule has 0 bridgehead atoms. The van der Waals surface area contributed by atoms with Gasteiger partial charge in [-0.25, -0.2) is 4.39 Å². The highest BCUT2D eigenvalue weighted by atomic mass is 19.4. The van der Waals surface area contributed by atoms with Gasteiger partial charge in [0.1, 0.15) is 5.82 Å². The summed E-state index contributed by atoms with van der Waals surface area (Å²) in [6.45, 7) is 1.82. The van der Waals surface area contributed by atoms with Gasteiger partial charge in [-0.2, -0.15) is 13.2 Å². The van der Waals surface area contributed by atoms with Crippen molar-refractivity contribution in [3.63, 3.8) is 0 Å². The maximum Gasteiger partial charge on any atom is 0.416 e. The summed E-state index contributed by atoms with van der Waals surface area (Å²) in [6, 6.07) is 1.11. The molecule has 1 aromatic rings. The smallest absolute Gasteiger partial charge is 0.391 e. The highest BCUT2D eigenvalue weighted by Gasteiger charge is 2.32. The van der Waals surface area contributed by atoms with Gasteiger partial charge in [0.15, 0.2) is 0 Å². The molecule has 0 radical (unpaired) electrons. The molecular formula is C12H15F4NO. The van der Waals surface area contributed by atoms with Gasteiger partial charge in [0.05, 0.1) is 17.7 Å². The Kier molecular flexibility index (Phi) is 4.70. The van der Waals surface area contributed by atoms with Crippen molar-refractivity contribution in [2.24, 2.45) is 5.73 Å². The average molecular weight is 265 g/mol. The Morgan fingerprint density at radius 1 is 1.33 bits per heavy atom. The fourth-order valence-electron chi connectivity index (χ4n) is 1.66. The molecule has 0 heterocycles. The summed E-state index contributed by atoms with van der Waals surface area (Å²) in [4.78, 5) is 0. The van der Waals surface area contributed by atoms with Gasteiger partial charge in [-0.05, 0) is 18.6 Å². The van der Waals surface area contributed by atoms with E-state index in [2.05, 4.69) is 0 Å². The Balaban J connectivity index is 2.99. The van der Waals surface area contributed by atoms with E-state index in [1.165, 1.54) is 0 Å². The number of hydrogen-bond acceptors (Lipinski definition) is 2. The van der Waals surface area contributed by atoms with Crippen LogP contribution in [0.3, 0.4) is 0 Å². The largest absolute Gasteiger partial charge is 0.416 e. The number of halogens is 4. The molecule has 0 saturated carbocycles. The van der Waals surface area contributed by atoms with E-state index in [1.807, 2.05) is 6.92 Å². The highest BCUT2D eigenvalue weighted by Crippen LogP contribution is 2.31. The molecule has 3 N–H and O–H groups in total. The van der Waals surface area contributed by atoms with E-state index in [9.17, 15) is 22.7 Å². The molecule has 2 nitrogen and oxygen atoms in total. The Morgan fingerprint density at radius 2 is 1.94 bits per heavy atom. The zero-order chi connectivity index (χ0) is 13.9. The van der Waals surface area contributed by atoms with Crippen LogP contribution in [0.25, 0.3) is 0 Å². The van der Waals surface area contributed by atoms with Crippen LogP contribution in [0.4, 0.5) is 17.6 Å². The van der Waals surface area contributed by atoms with Crippen molar-refractivity contribution < 1.29 is 22.7 Å². The topological polar surface area (TPSA) is 46.2 Å². The summed E-state index contributed by atoms with van der Waals surface area (Å²) in [5.41, 5.74) is 4.44. The van der Waals surface area contributed by atoms with Crippen molar-refractivity contribution in [3.8, 4) is 0 Å². The molecule has 0 aliphatic carbocycles. The molecule has 1 rings (SSSR count). The zero-order valence-corrected chi connectivity index (χ0v) is 9.84. The second kappa shape index (κ2) is 5.67. The van der Waals surface area contributed by atoms with Gasteiger partial charge in [-0.15, -0.1) is 0 Å². The minimum absolute atomic E-state index is 0.107. The van der Waals surface area contributed by atoms with Crippen LogP contribution in [0.15, 0.2) is 18.2 Å². The lowest BCUT2D eigenvalue weighted by Crippen LogP contribution is -2.27. The number of aliphatic hydroxyl groups is 1. The molecule has 0 saturated heterocycles. The Hall–Kier alpha value is -1.14. The first-order valence-electron chi connectivity index (χ1n) is 5.57. The van der Waals surface area contributed by atoms with Gasteiger partial charge in [0, 0.05) is 5.56 Å². The normalized spacial score (nSPS) is 15.5. The summed E-state index contributed by atoms with van der Waals surface area (Å²) in [5, 5.41) is 9.61. The van der Waals surface area contributed by atoms with Crippen LogP contribution in [0, 0.1) is 5.82 Å². The standard InChI is InChI=1S/C12H15F4NO/c1-2-3-10(18)11(17)8-5-4-7(6-9(8)13)12(14,15)16/h4-6,10-11,18H,2-3,17H2,1H3/t10-,11+/m0/s1. The predicted molar refractivity (Wildman–Crippen MR) is 59.2 cm³/mol. The van der Waals surface area contributed by atoms with Crippen molar-refractivity contribution in [2.45, 2.75) is 38.1 Å². The summed E-state index contributed by atoms with van der Waals surface area (Å²) in [5.74, 6) is -1.05. The number of aliphatic hydroxyl groups excluding tert-OH is 1. The molecule has 0 aliphatic rings. The molecular weight excluding hydrogens is 250 g/mol. The van der Waals surface area contributed by atoms with Crippen molar-refractivity contribution in [1.29, 1.82) is 0 Å². The number of hydrogen-bond donors (Lipinski definition) is 2. The van der Waals surface area contributed by atoms with Crippen molar-refractivity contribution in [3.05, 3.63) is 35.1 Å². The van der Waals surface area contributed by atoms with Crippen molar-refractivity contribution in [2.75, 3.05) is 0 Å². The Bertz CT molecular complexity index is 406. The SMILES string of the molecule is CCC[C@H](O)[C@H](N)c1ccc(C(F)(F)F)cc1F. The van der Waals surface area contributed by atoms with Gasteiger partial charge in [0.25, 0.3) is 0 Å². The lowest BCUT2D eigenvalue weighted by Gasteiger charge is -2.19. The maximum atomic E-state index is 13.5. The van der Waals surface area contributed by atoms with Crippen molar-refractivity contribution in [1.82, 2.24) is 0 Å². The van der Waals surface area contributed by atoms with Gasteiger partial charge < -0.3 is 10.8 Å². The third-order valence-electron chi connectivity index (χ3n) is 2.69. The molecule has 102 valence electrons. The van der Waals surface area contributed by atoms with E-state index < -0.39 is 29.7 Å². The molecule has 0 spiro atoms. The van der Waals surface area contributed by atoms with Crippen LogP contribution in [-0.2, 0) is 6.18 Å². The van der Waals surface area contributed by atoms with E-state index in [4.69, 9.17) is 5.73 Å². The van der Waals surface area contributed by atoms with Crippen LogP contribution in [0.2, 0.25) is 0 Å². The van der Waals surface area contributed by atoms with E-state index in [0.717, 1.165) is 12.1 Å². The quantitative estimate of drug-likeness (QED) is 0.822. The van der Waals surface area contributed by atoms with Crippen LogP contribution < -0.4 is 5.73 Å². The first-order chi connectivity index (χ1) is 8.27. The molecule has 1 aromatic carbocycles. The first kappa shape index (κ1) is 14.9. The van der Waals surface area contributed by atoms with Gasteiger partial charge >= 0.3 is 6.18 Å². The monoisotopic (exact) mass is 265 g/mol. The summed E-state index contributed by atoms with van der Waals surface area (Å²) in [6.07, 6.45) is -4.55. The highest BCUT2D eigenvalue weighted by molar-refractivity contribution is 5.29. The van der Waals surface area contributed by atoms with Gasteiger partial charge in [-0.3, -0.25) is 0 Å². The molecule has 0 aliphatic heterocycles.